The largest absolute Gasteiger partial charge is 0.469 e. The number of nitrogens with one attached hydrogen (secondary N) is 1. The van der Waals surface area contributed by atoms with Crippen molar-refractivity contribution in [1.82, 2.24) is 19.9 Å². The van der Waals surface area contributed by atoms with Crippen LogP contribution in [0.1, 0.15) is 31.4 Å². The van der Waals surface area contributed by atoms with Crippen LogP contribution in [-0.2, 0) is 16.0 Å². The minimum absolute atomic E-state index is 0.0429. The van der Waals surface area contributed by atoms with E-state index in [2.05, 4.69) is 19.9 Å². The van der Waals surface area contributed by atoms with Crippen molar-refractivity contribution >= 4 is 28.6 Å². The zero-order valence-corrected chi connectivity index (χ0v) is 17.3. The van der Waals surface area contributed by atoms with Crippen molar-refractivity contribution in [2.45, 2.75) is 32.1 Å². The number of rotatable bonds is 4. The SMILES string of the molecule is COC(=O)[C@@H]1C2CCC(CC2)[C@H]1Cc1nc(-c2c[nH]c3ncc(Cl)cc23)ncc1F. The average molecular weight is 429 g/mol. The summed E-state index contributed by atoms with van der Waals surface area (Å²) >= 11 is 6.09. The van der Waals surface area contributed by atoms with E-state index >= 15 is 0 Å². The van der Waals surface area contributed by atoms with E-state index in [4.69, 9.17) is 16.3 Å². The number of ether oxygens (including phenoxy) is 1. The molecule has 3 aromatic heterocycles. The summed E-state index contributed by atoms with van der Waals surface area (Å²) in [4.78, 5) is 28.6. The second-order valence-corrected chi connectivity index (χ2v) is 8.77. The van der Waals surface area contributed by atoms with Gasteiger partial charge in [0.15, 0.2) is 11.6 Å². The lowest BCUT2D eigenvalue weighted by Crippen LogP contribution is -2.45. The third-order valence-electron chi connectivity index (χ3n) is 6.85. The predicted octanol–water partition coefficient (Wildman–Crippen LogP) is 4.58. The molecule has 3 aromatic rings. The summed E-state index contributed by atoms with van der Waals surface area (Å²) in [5.74, 6) is 0.364. The van der Waals surface area contributed by atoms with Gasteiger partial charge in [0.2, 0.25) is 0 Å². The van der Waals surface area contributed by atoms with Crippen molar-refractivity contribution in [3.05, 3.63) is 41.2 Å². The number of methoxy groups -OCH3 is 1. The van der Waals surface area contributed by atoms with Crippen molar-refractivity contribution in [2.75, 3.05) is 7.11 Å². The van der Waals surface area contributed by atoms with Crippen LogP contribution in [0, 0.1) is 29.5 Å². The summed E-state index contributed by atoms with van der Waals surface area (Å²) in [6.45, 7) is 0. The van der Waals surface area contributed by atoms with Gasteiger partial charge < -0.3 is 9.72 Å². The molecule has 1 N–H and O–H groups in total. The normalized spacial score (nSPS) is 25.6. The van der Waals surface area contributed by atoms with Crippen molar-refractivity contribution in [3.8, 4) is 11.4 Å². The first-order valence-electron chi connectivity index (χ1n) is 10.3. The number of hydrogen-bond acceptors (Lipinski definition) is 5. The van der Waals surface area contributed by atoms with Gasteiger partial charge in [-0.1, -0.05) is 11.6 Å². The Bertz CT molecular complexity index is 1110. The smallest absolute Gasteiger partial charge is 0.309 e. The van der Waals surface area contributed by atoms with Gasteiger partial charge in [-0.3, -0.25) is 4.79 Å². The maximum absolute atomic E-state index is 14.7. The summed E-state index contributed by atoms with van der Waals surface area (Å²) in [7, 11) is 1.43. The molecule has 0 aliphatic heterocycles. The first kappa shape index (κ1) is 19.4. The molecule has 0 radical (unpaired) electrons. The van der Waals surface area contributed by atoms with E-state index in [1.54, 1.807) is 18.5 Å². The Morgan fingerprint density at radius 2 is 2.00 bits per heavy atom. The van der Waals surface area contributed by atoms with Crippen LogP contribution in [0.15, 0.2) is 24.7 Å². The minimum Gasteiger partial charge on any atom is -0.469 e. The lowest BCUT2D eigenvalue weighted by Gasteiger charge is -2.47. The van der Waals surface area contributed by atoms with Gasteiger partial charge in [-0.05, 0) is 55.9 Å². The number of aromatic nitrogens is 4. The number of H-pyrrole nitrogens is 1. The van der Waals surface area contributed by atoms with Gasteiger partial charge in [0.05, 0.1) is 29.9 Å². The Hall–Kier alpha value is -2.54. The van der Waals surface area contributed by atoms with E-state index in [0.29, 0.717) is 40.4 Å². The average Bonchev–Trinajstić information content (AvgIpc) is 3.18. The Morgan fingerprint density at radius 1 is 1.23 bits per heavy atom. The quantitative estimate of drug-likeness (QED) is 0.615. The molecule has 156 valence electrons. The fourth-order valence-corrected chi connectivity index (χ4v) is 5.59. The second kappa shape index (κ2) is 7.61. The van der Waals surface area contributed by atoms with Crippen LogP contribution in [0.25, 0.3) is 22.4 Å². The van der Waals surface area contributed by atoms with Gasteiger partial charge in [-0.15, -0.1) is 0 Å². The van der Waals surface area contributed by atoms with Gasteiger partial charge in [-0.2, -0.15) is 0 Å². The van der Waals surface area contributed by atoms with Crippen LogP contribution in [-0.4, -0.2) is 33.0 Å². The lowest BCUT2D eigenvalue weighted by molar-refractivity contribution is -0.156. The number of halogens is 2. The van der Waals surface area contributed by atoms with E-state index < -0.39 is 5.82 Å². The second-order valence-electron chi connectivity index (χ2n) is 8.33. The van der Waals surface area contributed by atoms with Gasteiger partial charge >= 0.3 is 5.97 Å². The maximum atomic E-state index is 14.7. The molecular weight excluding hydrogens is 407 g/mol. The topological polar surface area (TPSA) is 80.8 Å². The number of carbonyl (C=O) groups excluding carboxylic acids is 1. The van der Waals surface area contributed by atoms with Crippen LogP contribution < -0.4 is 0 Å². The van der Waals surface area contributed by atoms with Crippen molar-refractivity contribution < 1.29 is 13.9 Å². The van der Waals surface area contributed by atoms with E-state index in [1.807, 2.05) is 0 Å². The van der Waals surface area contributed by atoms with Crippen molar-refractivity contribution in [2.24, 2.45) is 23.7 Å². The standard InChI is InChI=1S/C22H22ClFN4O2/c1-30-22(29)19-12-4-2-11(3-5-12)14(19)7-18-17(24)10-27-21(28-18)16-9-26-20-15(16)6-13(23)8-25-20/h6,8-12,14,19H,2-5,7H2,1H3,(H,25,26)/t11?,12?,14-,19-/m1/s1. The van der Waals surface area contributed by atoms with Gasteiger partial charge in [0.1, 0.15) is 5.65 Å². The molecule has 2 bridgehead atoms. The maximum Gasteiger partial charge on any atom is 0.309 e. The first-order valence-corrected chi connectivity index (χ1v) is 10.6. The number of aromatic amines is 1. The molecule has 0 unspecified atom stereocenters. The Morgan fingerprint density at radius 3 is 2.77 bits per heavy atom. The third kappa shape index (κ3) is 3.25. The van der Waals surface area contributed by atoms with E-state index in [1.165, 1.54) is 13.3 Å². The minimum atomic E-state index is -0.445. The van der Waals surface area contributed by atoms with Gasteiger partial charge in [0, 0.05) is 23.3 Å². The molecule has 3 heterocycles. The Labute approximate surface area is 178 Å². The molecule has 3 saturated carbocycles. The van der Waals surface area contributed by atoms with Gasteiger partial charge in [-0.25, -0.2) is 19.3 Å². The Balaban J connectivity index is 1.50. The monoisotopic (exact) mass is 428 g/mol. The highest BCUT2D eigenvalue weighted by molar-refractivity contribution is 6.31. The van der Waals surface area contributed by atoms with Crippen LogP contribution in [0.2, 0.25) is 5.02 Å². The molecule has 3 aliphatic rings. The lowest BCUT2D eigenvalue weighted by atomic mass is 9.57. The number of nitrogens with zero attached hydrogens (tertiary/aromatic N) is 3. The molecule has 6 rings (SSSR count). The molecule has 0 aromatic carbocycles. The van der Waals surface area contributed by atoms with Gasteiger partial charge in [0.25, 0.3) is 0 Å². The summed E-state index contributed by atoms with van der Waals surface area (Å²) in [5.41, 5.74) is 1.73. The van der Waals surface area contributed by atoms with E-state index in [0.717, 1.165) is 36.6 Å². The van der Waals surface area contributed by atoms with Crippen LogP contribution in [0.4, 0.5) is 4.39 Å². The third-order valence-corrected chi connectivity index (χ3v) is 7.06. The van der Waals surface area contributed by atoms with Crippen LogP contribution >= 0.6 is 11.6 Å². The number of carbonyl (C=O) groups is 1. The molecule has 8 heteroatoms. The van der Waals surface area contributed by atoms with E-state index in [9.17, 15) is 9.18 Å². The molecule has 0 spiro atoms. The highest BCUT2D eigenvalue weighted by Gasteiger charge is 2.47. The van der Waals surface area contributed by atoms with Crippen molar-refractivity contribution in [3.63, 3.8) is 0 Å². The fraction of sp³-hybridized carbons (Fsp3) is 0.455. The molecular formula is C22H22ClFN4O2. The fourth-order valence-electron chi connectivity index (χ4n) is 5.43. The highest BCUT2D eigenvalue weighted by Crippen LogP contribution is 2.50. The highest BCUT2D eigenvalue weighted by atomic mass is 35.5. The zero-order chi connectivity index (χ0) is 20.8. The summed E-state index contributed by atoms with van der Waals surface area (Å²) < 4.78 is 19.8. The van der Waals surface area contributed by atoms with E-state index in [-0.39, 0.29) is 17.8 Å². The summed E-state index contributed by atoms with van der Waals surface area (Å²) in [5, 5.41) is 1.29. The van der Waals surface area contributed by atoms with Crippen LogP contribution in [0.5, 0.6) is 0 Å². The molecule has 30 heavy (non-hydrogen) atoms. The number of pyridine rings is 1. The number of esters is 1. The predicted molar refractivity (Wildman–Crippen MR) is 110 cm³/mol. The first-order chi connectivity index (χ1) is 14.5. The zero-order valence-electron chi connectivity index (χ0n) is 16.6. The molecule has 3 fully saturated rings. The molecule has 0 saturated heterocycles. The Kier molecular flexibility index (Phi) is 4.93. The number of fused-ring (bicyclic) bond motifs is 4. The summed E-state index contributed by atoms with van der Waals surface area (Å²) in [6, 6.07) is 1.79. The summed E-state index contributed by atoms with van der Waals surface area (Å²) in [6.07, 6.45) is 9.18. The number of hydrogen-bond donors (Lipinski definition) is 1. The van der Waals surface area contributed by atoms with Crippen molar-refractivity contribution in [1.29, 1.82) is 0 Å². The molecule has 3 aliphatic carbocycles. The molecule has 6 nitrogen and oxygen atoms in total. The molecule has 2 atom stereocenters. The van der Waals surface area contributed by atoms with Crippen LogP contribution in [0.3, 0.4) is 0 Å². The molecule has 0 amide bonds.